The standard InChI is InChI=1S/C29H39NO4/c1-2-3-4-5-6-7-8-9-10-11-12-13-14-15-16-17-18-19-20-21-28(32)30-25-22-23-27(31)26(24-25)29(33)34/h3-4,6-7,9-10,12-13,15-16,18-19,22-24,28,30-32H,2,5,8,11,14,17,20-21H2,1H3,(H,33,34)/b4-3-,7-6-,10-9-,13-12-,16-15-,19-18-. The topological polar surface area (TPSA) is 89.8 Å². The Labute approximate surface area is 204 Å². The molecule has 0 saturated carbocycles. The maximum atomic E-state index is 11.0. The van der Waals surface area contributed by atoms with Gasteiger partial charge in [0.05, 0.1) is 0 Å². The fraction of sp³-hybridized carbons (Fsp3) is 0.345. The molecule has 5 nitrogen and oxygen atoms in total. The predicted octanol–water partition coefficient (Wildman–Crippen LogP) is 7.30. The van der Waals surface area contributed by atoms with Gasteiger partial charge in [0.25, 0.3) is 0 Å². The molecule has 0 saturated heterocycles. The number of nitrogens with one attached hydrogen (secondary N) is 1. The van der Waals surface area contributed by atoms with E-state index in [2.05, 4.69) is 79.1 Å². The van der Waals surface area contributed by atoms with E-state index in [-0.39, 0.29) is 11.3 Å². The minimum absolute atomic E-state index is 0.200. The van der Waals surface area contributed by atoms with Gasteiger partial charge in [0, 0.05) is 5.69 Å². The van der Waals surface area contributed by atoms with Gasteiger partial charge in [-0.1, -0.05) is 79.8 Å². The minimum Gasteiger partial charge on any atom is -0.507 e. The van der Waals surface area contributed by atoms with Gasteiger partial charge in [0.2, 0.25) is 0 Å². The number of benzene rings is 1. The molecule has 0 radical (unpaired) electrons. The number of rotatable bonds is 17. The number of aromatic hydroxyl groups is 1. The largest absolute Gasteiger partial charge is 0.507 e. The zero-order chi connectivity index (χ0) is 24.9. The molecule has 0 aliphatic heterocycles. The summed E-state index contributed by atoms with van der Waals surface area (Å²) in [4.78, 5) is 11.0. The second-order valence-electron chi connectivity index (χ2n) is 7.69. The van der Waals surface area contributed by atoms with Crippen molar-refractivity contribution in [1.82, 2.24) is 0 Å². The predicted molar refractivity (Wildman–Crippen MR) is 142 cm³/mol. The molecule has 184 valence electrons. The number of anilines is 1. The lowest BCUT2D eigenvalue weighted by Crippen LogP contribution is -2.18. The smallest absolute Gasteiger partial charge is 0.339 e. The maximum absolute atomic E-state index is 11.0. The Bertz CT molecular complexity index is 878. The van der Waals surface area contributed by atoms with Crippen LogP contribution in [0.4, 0.5) is 5.69 Å². The molecule has 4 N–H and O–H groups in total. The third kappa shape index (κ3) is 14.7. The summed E-state index contributed by atoms with van der Waals surface area (Å²) in [5, 5.41) is 31.4. The second-order valence-corrected chi connectivity index (χ2v) is 7.69. The Hall–Kier alpha value is -3.31. The van der Waals surface area contributed by atoms with Crippen LogP contribution in [0, 0.1) is 0 Å². The molecule has 0 bridgehead atoms. The molecule has 0 aliphatic rings. The van der Waals surface area contributed by atoms with E-state index in [0.29, 0.717) is 18.5 Å². The summed E-state index contributed by atoms with van der Waals surface area (Å²) in [5.74, 6) is -1.51. The van der Waals surface area contributed by atoms with Crippen molar-refractivity contribution >= 4 is 11.7 Å². The van der Waals surface area contributed by atoms with Gasteiger partial charge >= 0.3 is 5.97 Å². The average Bonchev–Trinajstić information content (AvgIpc) is 2.81. The van der Waals surface area contributed by atoms with Crippen LogP contribution < -0.4 is 5.32 Å². The monoisotopic (exact) mass is 465 g/mol. The van der Waals surface area contributed by atoms with Crippen LogP contribution >= 0.6 is 0 Å². The van der Waals surface area contributed by atoms with Crippen LogP contribution in [0.1, 0.15) is 68.6 Å². The minimum atomic E-state index is -1.21. The van der Waals surface area contributed by atoms with Gasteiger partial charge < -0.3 is 20.6 Å². The number of phenols is 1. The molecule has 1 atom stereocenters. The number of aromatic carboxylic acids is 1. The first-order valence-electron chi connectivity index (χ1n) is 12.0. The molecule has 0 aliphatic carbocycles. The van der Waals surface area contributed by atoms with Crippen LogP contribution in [0.2, 0.25) is 0 Å². The lowest BCUT2D eigenvalue weighted by atomic mass is 10.1. The lowest BCUT2D eigenvalue weighted by Gasteiger charge is -2.14. The van der Waals surface area contributed by atoms with Crippen LogP contribution in [0.3, 0.4) is 0 Å². The third-order valence-electron chi connectivity index (χ3n) is 4.76. The highest BCUT2D eigenvalue weighted by Crippen LogP contribution is 2.22. The molecule has 0 heterocycles. The number of carboxylic acid groups (broad SMARTS) is 1. The van der Waals surface area contributed by atoms with E-state index < -0.39 is 12.2 Å². The number of carboxylic acids is 1. The highest BCUT2D eigenvalue weighted by atomic mass is 16.4. The van der Waals surface area contributed by atoms with Crippen LogP contribution in [0.25, 0.3) is 0 Å². The molecule has 0 aromatic heterocycles. The van der Waals surface area contributed by atoms with E-state index in [1.165, 1.54) is 18.2 Å². The number of aliphatic hydroxyl groups is 1. The molecule has 1 aromatic carbocycles. The summed E-state index contributed by atoms with van der Waals surface area (Å²) in [6.07, 6.45) is 32.0. The van der Waals surface area contributed by atoms with E-state index in [1.54, 1.807) is 0 Å². The van der Waals surface area contributed by atoms with Crippen molar-refractivity contribution < 1.29 is 20.1 Å². The fourth-order valence-electron chi connectivity index (χ4n) is 2.96. The number of hydrogen-bond donors (Lipinski definition) is 4. The van der Waals surface area contributed by atoms with Gasteiger partial charge in [-0.3, -0.25) is 0 Å². The highest BCUT2D eigenvalue weighted by molar-refractivity contribution is 5.92. The Morgan fingerprint density at radius 1 is 0.824 bits per heavy atom. The third-order valence-corrected chi connectivity index (χ3v) is 4.76. The molecule has 1 aromatic rings. The van der Waals surface area contributed by atoms with E-state index in [4.69, 9.17) is 5.11 Å². The molecule has 0 spiro atoms. The molecule has 1 rings (SSSR count). The summed E-state index contributed by atoms with van der Waals surface area (Å²) >= 11 is 0. The van der Waals surface area contributed by atoms with Gasteiger partial charge in [0.15, 0.2) is 0 Å². The Balaban J connectivity index is 2.10. The molecule has 1 unspecified atom stereocenters. The normalized spacial score (nSPS) is 13.5. The number of hydrogen-bond acceptors (Lipinski definition) is 4. The number of aliphatic hydroxyl groups excluding tert-OH is 1. The van der Waals surface area contributed by atoms with Crippen LogP contribution in [-0.4, -0.2) is 27.5 Å². The van der Waals surface area contributed by atoms with Crippen molar-refractivity contribution in [2.45, 2.75) is 64.5 Å². The second kappa shape index (κ2) is 19.2. The first-order chi connectivity index (χ1) is 16.5. The first kappa shape index (κ1) is 28.7. The Kier molecular flexibility index (Phi) is 16.2. The molecule has 5 heteroatoms. The fourth-order valence-corrected chi connectivity index (χ4v) is 2.96. The van der Waals surface area contributed by atoms with Crippen molar-refractivity contribution in [2.24, 2.45) is 0 Å². The van der Waals surface area contributed by atoms with Crippen molar-refractivity contribution in [3.8, 4) is 5.75 Å². The van der Waals surface area contributed by atoms with Gasteiger partial charge in [0.1, 0.15) is 17.5 Å². The zero-order valence-corrected chi connectivity index (χ0v) is 20.1. The first-order valence-corrected chi connectivity index (χ1v) is 12.0. The molecule has 34 heavy (non-hydrogen) atoms. The van der Waals surface area contributed by atoms with E-state index in [9.17, 15) is 15.0 Å². The van der Waals surface area contributed by atoms with Crippen molar-refractivity contribution in [3.63, 3.8) is 0 Å². The molecule has 0 amide bonds. The van der Waals surface area contributed by atoms with E-state index in [0.717, 1.165) is 38.5 Å². The maximum Gasteiger partial charge on any atom is 0.339 e. The number of allylic oxidation sites excluding steroid dienone is 12. The average molecular weight is 466 g/mol. The summed E-state index contributed by atoms with van der Waals surface area (Å²) in [6, 6.07) is 4.13. The van der Waals surface area contributed by atoms with Gasteiger partial charge in [-0.25, -0.2) is 4.79 Å². The summed E-state index contributed by atoms with van der Waals surface area (Å²) in [7, 11) is 0. The van der Waals surface area contributed by atoms with Crippen LogP contribution in [0.5, 0.6) is 5.75 Å². The SMILES string of the molecule is CC/C=C\C/C=C\C/C=C\C/C=C\C/C=C\C/C=C\CCC(O)Nc1ccc(O)c(C(=O)O)c1. The molecular formula is C29H39NO4. The molecule has 0 fully saturated rings. The summed E-state index contributed by atoms with van der Waals surface area (Å²) in [5.41, 5.74) is 0.250. The van der Waals surface area contributed by atoms with Crippen LogP contribution in [0.15, 0.2) is 91.1 Å². The highest BCUT2D eigenvalue weighted by Gasteiger charge is 2.11. The van der Waals surface area contributed by atoms with E-state index in [1.807, 2.05) is 6.08 Å². The molecular weight excluding hydrogens is 426 g/mol. The van der Waals surface area contributed by atoms with Gasteiger partial charge in [-0.05, 0) is 69.6 Å². The van der Waals surface area contributed by atoms with Gasteiger partial charge in [-0.15, -0.1) is 0 Å². The zero-order valence-electron chi connectivity index (χ0n) is 20.1. The van der Waals surface area contributed by atoms with E-state index >= 15 is 0 Å². The lowest BCUT2D eigenvalue weighted by molar-refractivity contribution is 0.0693. The Morgan fingerprint density at radius 3 is 1.76 bits per heavy atom. The van der Waals surface area contributed by atoms with Crippen LogP contribution in [-0.2, 0) is 0 Å². The summed E-state index contributed by atoms with van der Waals surface area (Å²) < 4.78 is 0. The van der Waals surface area contributed by atoms with Crippen molar-refractivity contribution in [1.29, 1.82) is 0 Å². The van der Waals surface area contributed by atoms with Gasteiger partial charge in [-0.2, -0.15) is 0 Å². The van der Waals surface area contributed by atoms with Crippen molar-refractivity contribution in [2.75, 3.05) is 5.32 Å². The Morgan fingerprint density at radius 2 is 1.29 bits per heavy atom. The summed E-state index contributed by atoms with van der Waals surface area (Å²) in [6.45, 7) is 2.14. The van der Waals surface area contributed by atoms with Crippen molar-refractivity contribution in [3.05, 3.63) is 96.7 Å². The number of carbonyl (C=O) groups is 1. The quantitative estimate of drug-likeness (QED) is 0.110.